The van der Waals surface area contributed by atoms with Crippen LogP contribution in [0.4, 0.5) is 0 Å². The van der Waals surface area contributed by atoms with E-state index in [0.717, 1.165) is 5.75 Å². The van der Waals surface area contributed by atoms with Crippen molar-refractivity contribution in [2.45, 2.75) is 64.0 Å². The Balaban J connectivity index is 1.74. The Morgan fingerprint density at radius 1 is 1.15 bits per heavy atom. The van der Waals surface area contributed by atoms with Gasteiger partial charge in [0, 0.05) is 0 Å². The van der Waals surface area contributed by atoms with Crippen molar-refractivity contribution in [3.63, 3.8) is 0 Å². The van der Waals surface area contributed by atoms with E-state index in [-0.39, 0.29) is 11.5 Å². The maximum Gasteiger partial charge on any atom is 0.119 e. The van der Waals surface area contributed by atoms with E-state index in [1.54, 1.807) is 0 Å². The van der Waals surface area contributed by atoms with Gasteiger partial charge in [0.05, 0.1) is 12.1 Å². The quantitative estimate of drug-likeness (QED) is 0.635. The first-order valence-electron chi connectivity index (χ1n) is 7.94. The van der Waals surface area contributed by atoms with E-state index >= 15 is 0 Å². The average Bonchev–Trinajstić information content (AvgIpc) is 3.26. The third kappa shape index (κ3) is 2.99. The second-order valence-corrected chi connectivity index (χ2v) is 6.70. The van der Waals surface area contributed by atoms with Gasteiger partial charge in [0.15, 0.2) is 0 Å². The fraction of sp³-hybridized carbons (Fsp3) is 0.647. The maximum atomic E-state index is 5.87. The number of hydrogen-bond donors (Lipinski definition) is 2. The molecule has 0 aromatic heterocycles. The minimum atomic E-state index is 0.234. The van der Waals surface area contributed by atoms with Gasteiger partial charge in [0.25, 0.3) is 0 Å². The molecule has 20 heavy (non-hydrogen) atoms. The Hall–Kier alpha value is -1.06. The molecule has 1 aromatic carbocycles. The summed E-state index contributed by atoms with van der Waals surface area (Å²) in [5.74, 6) is 6.86. The number of benzene rings is 1. The smallest absolute Gasteiger partial charge is 0.119 e. The fourth-order valence-electron chi connectivity index (χ4n) is 3.47. The summed E-state index contributed by atoms with van der Waals surface area (Å²) in [6, 6.07) is 8.75. The maximum absolute atomic E-state index is 5.87. The summed E-state index contributed by atoms with van der Waals surface area (Å²) < 4.78 is 5.81. The molecule has 0 aliphatic heterocycles. The van der Waals surface area contributed by atoms with Crippen LogP contribution in [0.5, 0.6) is 5.75 Å². The lowest BCUT2D eigenvalue weighted by atomic mass is 9.69. The van der Waals surface area contributed by atoms with Gasteiger partial charge in [0.1, 0.15) is 5.75 Å². The molecular formula is C17H26N2O. The first kappa shape index (κ1) is 13.9. The van der Waals surface area contributed by atoms with Crippen LogP contribution in [-0.4, -0.2) is 6.10 Å². The Labute approximate surface area is 121 Å². The van der Waals surface area contributed by atoms with Gasteiger partial charge >= 0.3 is 0 Å². The fourth-order valence-corrected chi connectivity index (χ4v) is 3.47. The third-order valence-electron chi connectivity index (χ3n) is 4.90. The van der Waals surface area contributed by atoms with Crippen molar-refractivity contribution < 1.29 is 4.74 Å². The monoisotopic (exact) mass is 274 g/mol. The first-order valence-corrected chi connectivity index (χ1v) is 7.94. The number of rotatable bonds is 5. The third-order valence-corrected chi connectivity index (χ3v) is 4.90. The summed E-state index contributed by atoms with van der Waals surface area (Å²) >= 11 is 0. The van der Waals surface area contributed by atoms with Gasteiger partial charge in [0.2, 0.25) is 0 Å². The van der Waals surface area contributed by atoms with Gasteiger partial charge in [-0.25, -0.2) is 0 Å². The highest BCUT2D eigenvalue weighted by molar-refractivity contribution is 5.30. The first-order chi connectivity index (χ1) is 9.71. The molecule has 2 aliphatic rings. The van der Waals surface area contributed by atoms with E-state index in [4.69, 9.17) is 10.6 Å². The lowest BCUT2D eigenvalue weighted by Crippen LogP contribution is -2.41. The van der Waals surface area contributed by atoms with Gasteiger partial charge in [-0.1, -0.05) is 38.3 Å². The predicted octanol–water partition coefficient (Wildman–Crippen LogP) is 3.70. The number of ether oxygens (including phenoxy) is 1. The van der Waals surface area contributed by atoms with E-state index in [9.17, 15) is 0 Å². The molecule has 3 heteroatoms. The van der Waals surface area contributed by atoms with Crippen LogP contribution in [-0.2, 0) is 0 Å². The highest BCUT2D eigenvalue weighted by Gasteiger charge is 2.35. The minimum absolute atomic E-state index is 0.234. The van der Waals surface area contributed by atoms with E-state index in [1.165, 1.54) is 50.5 Å². The molecule has 3 N–H and O–H groups in total. The summed E-state index contributed by atoms with van der Waals surface area (Å²) in [6.45, 7) is 2.37. The lowest BCUT2D eigenvalue weighted by molar-refractivity contribution is 0.145. The van der Waals surface area contributed by atoms with Gasteiger partial charge in [-0.3, -0.25) is 11.3 Å². The zero-order valence-electron chi connectivity index (χ0n) is 12.4. The van der Waals surface area contributed by atoms with Crippen molar-refractivity contribution in [1.82, 2.24) is 5.43 Å². The average molecular weight is 274 g/mol. The molecule has 0 radical (unpaired) electrons. The van der Waals surface area contributed by atoms with E-state index in [2.05, 4.69) is 36.6 Å². The van der Waals surface area contributed by atoms with Gasteiger partial charge in [-0.05, 0) is 48.8 Å². The SMILES string of the molecule is CC1(C(NN)c2ccc(OC3CC3)cc2)CCCCC1. The van der Waals surface area contributed by atoms with Crippen molar-refractivity contribution >= 4 is 0 Å². The Morgan fingerprint density at radius 2 is 1.80 bits per heavy atom. The normalized spacial score (nSPS) is 23.3. The Kier molecular flexibility index (Phi) is 3.99. The largest absolute Gasteiger partial charge is 0.490 e. The molecule has 1 aromatic rings. The van der Waals surface area contributed by atoms with E-state index in [0.29, 0.717) is 6.10 Å². The second kappa shape index (κ2) is 5.74. The molecule has 110 valence electrons. The number of hydrogen-bond acceptors (Lipinski definition) is 3. The van der Waals surface area contributed by atoms with Crippen molar-refractivity contribution in [2.24, 2.45) is 11.3 Å². The van der Waals surface area contributed by atoms with Crippen LogP contribution in [0.25, 0.3) is 0 Å². The molecular weight excluding hydrogens is 248 g/mol. The number of hydrazine groups is 1. The predicted molar refractivity (Wildman–Crippen MR) is 81.3 cm³/mol. The van der Waals surface area contributed by atoms with Crippen molar-refractivity contribution in [1.29, 1.82) is 0 Å². The summed E-state index contributed by atoms with van der Waals surface area (Å²) in [5, 5.41) is 0. The molecule has 0 amide bonds. The van der Waals surface area contributed by atoms with Crippen LogP contribution in [0, 0.1) is 5.41 Å². The summed E-state index contributed by atoms with van der Waals surface area (Å²) in [5.41, 5.74) is 4.61. The second-order valence-electron chi connectivity index (χ2n) is 6.70. The zero-order valence-corrected chi connectivity index (χ0v) is 12.4. The summed E-state index contributed by atoms with van der Waals surface area (Å²) in [4.78, 5) is 0. The molecule has 0 bridgehead atoms. The summed E-state index contributed by atoms with van der Waals surface area (Å²) in [7, 11) is 0. The standard InChI is InChI=1S/C17H26N2O/c1-17(11-3-2-4-12-17)16(19-18)13-5-7-14(8-6-13)20-15-9-10-15/h5-8,15-16,19H,2-4,9-12,18H2,1H3. The van der Waals surface area contributed by atoms with Crippen LogP contribution in [0.3, 0.4) is 0 Å². The van der Waals surface area contributed by atoms with Crippen LogP contribution in [0.1, 0.15) is 63.5 Å². The van der Waals surface area contributed by atoms with E-state index < -0.39 is 0 Å². The van der Waals surface area contributed by atoms with Gasteiger partial charge in [-0.2, -0.15) is 0 Å². The summed E-state index contributed by atoms with van der Waals surface area (Å²) in [6.07, 6.45) is 9.36. The topological polar surface area (TPSA) is 47.3 Å². The molecule has 0 spiro atoms. The molecule has 1 unspecified atom stereocenters. The van der Waals surface area contributed by atoms with Crippen LogP contribution in [0.2, 0.25) is 0 Å². The minimum Gasteiger partial charge on any atom is -0.490 e. The lowest BCUT2D eigenvalue weighted by Gasteiger charge is -2.40. The number of nitrogens with two attached hydrogens (primary N) is 1. The van der Waals surface area contributed by atoms with Gasteiger partial charge in [-0.15, -0.1) is 0 Å². The van der Waals surface area contributed by atoms with Crippen LogP contribution in [0.15, 0.2) is 24.3 Å². The zero-order chi connectivity index (χ0) is 14.0. The Morgan fingerprint density at radius 3 is 2.35 bits per heavy atom. The van der Waals surface area contributed by atoms with Crippen LogP contribution < -0.4 is 16.0 Å². The molecule has 2 fully saturated rings. The molecule has 3 nitrogen and oxygen atoms in total. The molecule has 1 atom stereocenters. The van der Waals surface area contributed by atoms with E-state index in [1.807, 2.05) is 0 Å². The number of nitrogens with one attached hydrogen (secondary N) is 1. The van der Waals surface area contributed by atoms with Crippen molar-refractivity contribution in [3.05, 3.63) is 29.8 Å². The highest BCUT2D eigenvalue weighted by atomic mass is 16.5. The van der Waals surface area contributed by atoms with Crippen molar-refractivity contribution in [2.75, 3.05) is 0 Å². The molecule has 0 saturated heterocycles. The molecule has 0 heterocycles. The Bertz CT molecular complexity index is 433. The molecule has 2 saturated carbocycles. The molecule has 2 aliphatic carbocycles. The van der Waals surface area contributed by atoms with Crippen LogP contribution >= 0.6 is 0 Å². The van der Waals surface area contributed by atoms with Crippen molar-refractivity contribution in [3.8, 4) is 5.75 Å². The van der Waals surface area contributed by atoms with Gasteiger partial charge < -0.3 is 4.74 Å². The molecule has 3 rings (SSSR count). The highest BCUT2D eigenvalue weighted by Crippen LogP contribution is 2.45.